The van der Waals surface area contributed by atoms with E-state index in [-0.39, 0.29) is 5.82 Å². The van der Waals surface area contributed by atoms with Gasteiger partial charge in [-0.05, 0) is 105 Å². The molecule has 0 saturated carbocycles. The minimum absolute atomic E-state index is 0.257. The lowest BCUT2D eigenvalue weighted by atomic mass is 9.67. The average Bonchev–Trinajstić information content (AvgIpc) is 3.48. The maximum Gasteiger partial charge on any atom is 0.123 e. The van der Waals surface area contributed by atoms with Crippen LogP contribution in [0.5, 0.6) is 0 Å². The number of anilines is 5. The number of para-hydroxylation sites is 2. The SMILES string of the molecule is Fc1ccc(Nc2cc3c(c4ccccc24)-c2ccc(N(c4ccccc4)c4ccccc4)cc2C3(c2ccccc2)c2ccccc2)cc1. The molecule has 50 heavy (non-hydrogen) atoms. The maximum absolute atomic E-state index is 14.0. The molecule has 0 spiro atoms. The number of rotatable bonds is 7. The molecule has 0 atom stereocenters. The first-order chi connectivity index (χ1) is 24.7. The van der Waals surface area contributed by atoms with E-state index in [1.54, 1.807) is 12.1 Å². The van der Waals surface area contributed by atoms with Gasteiger partial charge in [-0.25, -0.2) is 4.39 Å². The van der Waals surface area contributed by atoms with Crippen LogP contribution < -0.4 is 10.2 Å². The fourth-order valence-corrected chi connectivity index (χ4v) is 7.86. The fraction of sp³-hybridized carbons (Fsp3) is 0.0213. The molecule has 1 aliphatic rings. The van der Waals surface area contributed by atoms with Gasteiger partial charge in [0.05, 0.1) is 5.41 Å². The summed E-state index contributed by atoms with van der Waals surface area (Å²) in [6.45, 7) is 0. The minimum atomic E-state index is -0.633. The molecule has 0 unspecified atom stereocenters. The molecule has 0 heterocycles. The molecule has 9 rings (SSSR count). The van der Waals surface area contributed by atoms with E-state index in [2.05, 4.69) is 180 Å². The van der Waals surface area contributed by atoms with Crippen molar-refractivity contribution >= 4 is 39.2 Å². The van der Waals surface area contributed by atoms with Crippen LogP contribution in [0.3, 0.4) is 0 Å². The monoisotopic (exact) mass is 644 g/mol. The van der Waals surface area contributed by atoms with E-state index < -0.39 is 5.41 Å². The Kier molecular flexibility index (Phi) is 7.25. The van der Waals surface area contributed by atoms with Crippen LogP contribution in [-0.2, 0) is 5.41 Å². The normalized spacial score (nSPS) is 12.7. The lowest BCUT2D eigenvalue weighted by Crippen LogP contribution is -2.29. The Hall–Kier alpha value is -6.45. The van der Waals surface area contributed by atoms with Gasteiger partial charge in [-0.1, -0.05) is 127 Å². The standard InChI is InChI=1S/C47H33FN2/c48-35-25-27-36(28-26-35)49-45-32-44-46(41-24-14-13-23-40(41)45)42-30-29-39(50(37-19-9-3-10-20-37)38-21-11-4-12-22-38)31-43(42)47(44,33-15-5-1-6-16-33)34-17-7-2-8-18-34/h1-32,49H. The number of nitrogens with one attached hydrogen (secondary N) is 1. The second-order valence-corrected chi connectivity index (χ2v) is 12.7. The summed E-state index contributed by atoms with van der Waals surface area (Å²) in [5, 5.41) is 5.95. The molecule has 8 aromatic carbocycles. The topological polar surface area (TPSA) is 15.3 Å². The van der Waals surface area contributed by atoms with Gasteiger partial charge in [-0.2, -0.15) is 0 Å². The molecule has 1 aliphatic carbocycles. The molecule has 0 fully saturated rings. The quantitative estimate of drug-likeness (QED) is 0.186. The van der Waals surface area contributed by atoms with Crippen LogP contribution in [0.25, 0.3) is 21.9 Å². The Bertz CT molecular complexity index is 2360. The largest absolute Gasteiger partial charge is 0.355 e. The Labute approximate surface area is 291 Å². The lowest BCUT2D eigenvalue weighted by molar-refractivity contribution is 0.628. The highest BCUT2D eigenvalue weighted by Crippen LogP contribution is 2.60. The Morgan fingerprint density at radius 2 is 0.960 bits per heavy atom. The summed E-state index contributed by atoms with van der Waals surface area (Å²) >= 11 is 0. The average molecular weight is 645 g/mol. The fourth-order valence-electron chi connectivity index (χ4n) is 7.86. The van der Waals surface area contributed by atoms with Gasteiger partial charge in [0.25, 0.3) is 0 Å². The van der Waals surface area contributed by atoms with E-state index in [0.29, 0.717) is 0 Å². The molecule has 0 aromatic heterocycles. The molecule has 1 N–H and O–H groups in total. The van der Waals surface area contributed by atoms with Gasteiger partial charge in [0.1, 0.15) is 5.82 Å². The second kappa shape index (κ2) is 12.2. The molecule has 0 amide bonds. The Morgan fingerprint density at radius 3 is 1.54 bits per heavy atom. The van der Waals surface area contributed by atoms with Crippen molar-refractivity contribution in [2.45, 2.75) is 5.41 Å². The number of benzene rings is 8. The summed E-state index contributed by atoms with van der Waals surface area (Å²) in [7, 11) is 0. The first-order valence-electron chi connectivity index (χ1n) is 17.0. The smallest absolute Gasteiger partial charge is 0.123 e. The van der Waals surface area contributed by atoms with Gasteiger partial charge in [0.15, 0.2) is 0 Å². The predicted octanol–water partition coefficient (Wildman–Crippen LogP) is 12.6. The highest BCUT2D eigenvalue weighted by molar-refractivity contribution is 6.10. The number of nitrogens with zero attached hydrogens (tertiary/aromatic N) is 1. The highest BCUT2D eigenvalue weighted by Gasteiger charge is 2.47. The van der Waals surface area contributed by atoms with E-state index in [1.165, 1.54) is 50.9 Å². The predicted molar refractivity (Wildman–Crippen MR) is 206 cm³/mol. The number of fused-ring (bicyclic) bond motifs is 5. The third kappa shape index (κ3) is 4.78. The number of halogens is 1. The van der Waals surface area contributed by atoms with Crippen molar-refractivity contribution in [1.82, 2.24) is 0 Å². The van der Waals surface area contributed by atoms with E-state index in [4.69, 9.17) is 0 Å². The molecule has 0 bridgehead atoms. The van der Waals surface area contributed by atoms with Crippen molar-refractivity contribution in [2.75, 3.05) is 10.2 Å². The van der Waals surface area contributed by atoms with Crippen LogP contribution in [0.4, 0.5) is 32.8 Å². The number of hydrogen-bond donors (Lipinski definition) is 1. The zero-order valence-electron chi connectivity index (χ0n) is 27.3. The van der Waals surface area contributed by atoms with Gasteiger partial charge in [0.2, 0.25) is 0 Å². The van der Waals surface area contributed by atoms with E-state index in [9.17, 15) is 4.39 Å². The van der Waals surface area contributed by atoms with E-state index >= 15 is 0 Å². The van der Waals surface area contributed by atoms with Crippen molar-refractivity contribution in [1.29, 1.82) is 0 Å². The third-order valence-corrected chi connectivity index (χ3v) is 9.95. The molecule has 3 heteroatoms. The molecule has 8 aromatic rings. The number of hydrogen-bond acceptors (Lipinski definition) is 2. The molecule has 238 valence electrons. The molecule has 0 aliphatic heterocycles. The molecule has 2 nitrogen and oxygen atoms in total. The molecule has 0 radical (unpaired) electrons. The summed E-state index contributed by atoms with van der Waals surface area (Å²) in [4.78, 5) is 2.34. The van der Waals surface area contributed by atoms with E-state index in [1.807, 2.05) is 0 Å². The van der Waals surface area contributed by atoms with Gasteiger partial charge in [-0.3, -0.25) is 0 Å². The summed E-state index contributed by atoms with van der Waals surface area (Å²) in [5.74, 6) is -0.257. The second-order valence-electron chi connectivity index (χ2n) is 12.7. The van der Waals surface area contributed by atoms with Crippen LogP contribution >= 0.6 is 0 Å². The summed E-state index contributed by atoms with van der Waals surface area (Å²) in [6, 6.07) is 67.4. The minimum Gasteiger partial charge on any atom is -0.355 e. The summed E-state index contributed by atoms with van der Waals surface area (Å²) in [5.41, 5.74) is 11.7. The summed E-state index contributed by atoms with van der Waals surface area (Å²) < 4.78 is 14.0. The molecule has 0 saturated heterocycles. The van der Waals surface area contributed by atoms with Crippen molar-refractivity contribution in [2.24, 2.45) is 0 Å². The first-order valence-corrected chi connectivity index (χ1v) is 17.0. The van der Waals surface area contributed by atoms with Gasteiger partial charge in [-0.15, -0.1) is 0 Å². The molecular weight excluding hydrogens is 612 g/mol. The van der Waals surface area contributed by atoms with Crippen LogP contribution in [0.1, 0.15) is 22.3 Å². The Morgan fingerprint density at radius 1 is 0.440 bits per heavy atom. The summed E-state index contributed by atoms with van der Waals surface area (Å²) in [6.07, 6.45) is 0. The van der Waals surface area contributed by atoms with Crippen molar-refractivity contribution in [3.63, 3.8) is 0 Å². The van der Waals surface area contributed by atoms with Gasteiger partial charge in [0, 0.05) is 33.8 Å². The van der Waals surface area contributed by atoms with Crippen molar-refractivity contribution in [3.05, 3.63) is 222 Å². The van der Waals surface area contributed by atoms with Gasteiger partial charge < -0.3 is 10.2 Å². The van der Waals surface area contributed by atoms with Gasteiger partial charge >= 0.3 is 0 Å². The highest BCUT2D eigenvalue weighted by atomic mass is 19.1. The molecular formula is C47H33FN2. The third-order valence-electron chi connectivity index (χ3n) is 9.95. The first kappa shape index (κ1) is 29.7. The maximum atomic E-state index is 14.0. The zero-order valence-corrected chi connectivity index (χ0v) is 27.3. The van der Waals surface area contributed by atoms with Crippen LogP contribution in [0, 0.1) is 5.82 Å². The zero-order chi connectivity index (χ0) is 33.5. The van der Waals surface area contributed by atoms with Crippen molar-refractivity contribution in [3.8, 4) is 11.1 Å². The van der Waals surface area contributed by atoms with Crippen LogP contribution in [0.15, 0.2) is 194 Å². The van der Waals surface area contributed by atoms with Crippen LogP contribution in [0.2, 0.25) is 0 Å². The lowest BCUT2D eigenvalue weighted by Gasteiger charge is -2.35. The van der Waals surface area contributed by atoms with Crippen molar-refractivity contribution < 1.29 is 4.39 Å². The Balaban J connectivity index is 1.38. The van der Waals surface area contributed by atoms with Crippen LogP contribution in [-0.4, -0.2) is 0 Å². The van der Waals surface area contributed by atoms with E-state index in [0.717, 1.165) is 33.8 Å².